The maximum Gasteiger partial charge on any atom is 0.126 e. The van der Waals surface area contributed by atoms with Crippen molar-refractivity contribution in [2.24, 2.45) is 5.73 Å². The first-order chi connectivity index (χ1) is 7.74. The molecule has 1 aromatic carbocycles. The summed E-state index contributed by atoms with van der Waals surface area (Å²) in [5.41, 5.74) is 6.80. The monoisotopic (exact) mass is 219 g/mol. The summed E-state index contributed by atoms with van der Waals surface area (Å²) in [7, 11) is 0. The van der Waals surface area contributed by atoms with Crippen LogP contribution in [0.1, 0.15) is 18.4 Å². The van der Waals surface area contributed by atoms with Crippen molar-refractivity contribution in [1.82, 2.24) is 0 Å². The molecule has 1 aromatic rings. The zero-order chi connectivity index (χ0) is 11.5. The maximum absolute atomic E-state index is 13.3. The molecule has 0 radical (unpaired) electrons. The first-order valence-corrected chi connectivity index (χ1v) is 5.42. The van der Waals surface area contributed by atoms with E-state index in [-0.39, 0.29) is 11.9 Å². The van der Waals surface area contributed by atoms with E-state index in [1.807, 2.05) is 6.07 Å². The predicted molar refractivity (Wildman–Crippen MR) is 60.5 cm³/mol. The Labute approximate surface area is 94.3 Å². The lowest BCUT2D eigenvalue weighted by Crippen LogP contribution is -2.35. The van der Waals surface area contributed by atoms with Crippen molar-refractivity contribution < 1.29 is 4.39 Å². The molecule has 2 N–H and O–H groups in total. The van der Waals surface area contributed by atoms with Gasteiger partial charge in [0.15, 0.2) is 0 Å². The summed E-state index contributed by atoms with van der Waals surface area (Å²) in [5, 5.41) is 8.79. The van der Waals surface area contributed by atoms with Gasteiger partial charge in [-0.1, -0.05) is 0 Å². The van der Waals surface area contributed by atoms with Crippen molar-refractivity contribution in [3.63, 3.8) is 0 Å². The second-order valence-electron chi connectivity index (χ2n) is 4.04. The van der Waals surface area contributed by atoms with Crippen LogP contribution in [0.4, 0.5) is 10.1 Å². The van der Waals surface area contributed by atoms with Gasteiger partial charge < -0.3 is 10.6 Å². The molecule has 0 aliphatic carbocycles. The smallest absolute Gasteiger partial charge is 0.126 e. The maximum atomic E-state index is 13.3. The molecular weight excluding hydrogens is 205 g/mol. The van der Waals surface area contributed by atoms with Crippen LogP contribution in [0.2, 0.25) is 0 Å². The minimum atomic E-state index is -0.364. The molecule has 1 heterocycles. The lowest BCUT2D eigenvalue weighted by Gasteiger charge is -2.25. The van der Waals surface area contributed by atoms with Gasteiger partial charge in [-0.15, -0.1) is 0 Å². The second-order valence-corrected chi connectivity index (χ2v) is 4.04. The van der Waals surface area contributed by atoms with Crippen molar-refractivity contribution in [2.75, 3.05) is 18.0 Å². The fourth-order valence-electron chi connectivity index (χ4n) is 2.23. The fourth-order valence-corrected chi connectivity index (χ4v) is 2.23. The number of benzene rings is 1. The van der Waals surface area contributed by atoms with Crippen molar-refractivity contribution in [1.29, 1.82) is 5.26 Å². The first-order valence-electron chi connectivity index (χ1n) is 5.42. The van der Waals surface area contributed by atoms with Crippen LogP contribution < -0.4 is 10.6 Å². The molecule has 4 heteroatoms. The van der Waals surface area contributed by atoms with Crippen LogP contribution in [0.15, 0.2) is 18.2 Å². The SMILES string of the molecule is N#Cc1cc(F)cc(N2CCCC2CN)c1. The molecule has 2 rings (SSSR count). The molecule has 0 saturated carbocycles. The first kappa shape index (κ1) is 10.9. The number of nitrogens with two attached hydrogens (primary N) is 1. The van der Waals surface area contributed by atoms with Crippen LogP contribution in [0.25, 0.3) is 0 Å². The Morgan fingerprint density at radius 2 is 2.31 bits per heavy atom. The second kappa shape index (κ2) is 4.50. The number of nitriles is 1. The summed E-state index contributed by atoms with van der Waals surface area (Å²) >= 11 is 0. The van der Waals surface area contributed by atoms with E-state index in [1.165, 1.54) is 12.1 Å². The standard InChI is InChI=1S/C12H14FN3/c13-10-4-9(7-14)5-12(6-10)16-3-1-2-11(16)8-15/h4-6,11H,1-3,8,15H2. The van der Waals surface area contributed by atoms with Crippen molar-refractivity contribution in [3.8, 4) is 6.07 Å². The zero-order valence-electron chi connectivity index (χ0n) is 8.99. The van der Waals surface area contributed by atoms with E-state index in [1.54, 1.807) is 6.07 Å². The average Bonchev–Trinajstić information content (AvgIpc) is 2.76. The molecule has 0 spiro atoms. The quantitative estimate of drug-likeness (QED) is 0.822. The van der Waals surface area contributed by atoms with Crippen LogP contribution in [0.5, 0.6) is 0 Å². The van der Waals surface area contributed by atoms with Gasteiger partial charge in [0, 0.05) is 24.8 Å². The average molecular weight is 219 g/mol. The number of hydrogen-bond donors (Lipinski definition) is 1. The lowest BCUT2D eigenvalue weighted by molar-refractivity contribution is 0.623. The van der Waals surface area contributed by atoms with Gasteiger partial charge in [-0.05, 0) is 31.0 Å². The third-order valence-corrected chi connectivity index (χ3v) is 2.99. The zero-order valence-corrected chi connectivity index (χ0v) is 8.99. The minimum Gasteiger partial charge on any atom is -0.367 e. The van der Waals surface area contributed by atoms with Crippen molar-refractivity contribution in [3.05, 3.63) is 29.6 Å². The topological polar surface area (TPSA) is 53.0 Å². The molecule has 0 amide bonds. The third-order valence-electron chi connectivity index (χ3n) is 2.99. The summed E-state index contributed by atoms with van der Waals surface area (Å²) in [4.78, 5) is 2.09. The summed E-state index contributed by atoms with van der Waals surface area (Å²) in [6.07, 6.45) is 2.11. The molecular formula is C12H14FN3. The van der Waals surface area contributed by atoms with Gasteiger partial charge in [-0.3, -0.25) is 0 Å². The lowest BCUT2D eigenvalue weighted by atomic mass is 10.1. The summed E-state index contributed by atoms with van der Waals surface area (Å²) in [5.74, 6) is -0.364. The van der Waals surface area contributed by atoms with E-state index < -0.39 is 0 Å². The van der Waals surface area contributed by atoms with Crippen LogP contribution >= 0.6 is 0 Å². The highest BCUT2D eigenvalue weighted by atomic mass is 19.1. The number of hydrogen-bond acceptors (Lipinski definition) is 3. The molecule has 1 aliphatic rings. The van der Waals surface area contributed by atoms with Crippen LogP contribution in [-0.4, -0.2) is 19.1 Å². The van der Waals surface area contributed by atoms with Gasteiger partial charge in [-0.25, -0.2) is 4.39 Å². The molecule has 1 atom stereocenters. The van der Waals surface area contributed by atoms with E-state index in [2.05, 4.69) is 4.90 Å². The van der Waals surface area contributed by atoms with Gasteiger partial charge in [0.1, 0.15) is 5.82 Å². The summed E-state index contributed by atoms with van der Waals surface area (Å²) in [6, 6.07) is 6.67. The molecule has 1 unspecified atom stereocenters. The highest BCUT2D eigenvalue weighted by molar-refractivity contribution is 5.53. The van der Waals surface area contributed by atoms with Crippen LogP contribution in [0.3, 0.4) is 0 Å². The summed E-state index contributed by atoms with van der Waals surface area (Å²) in [6.45, 7) is 1.45. The number of rotatable bonds is 2. The van der Waals surface area contributed by atoms with Gasteiger partial charge >= 0.3 is 0 Å². The van der Waals surface area contributed by atoms with Gasteiger partial charge in [0.05, 0.1) is 11.6 Å². The van der Waals surface area contributed by atoms with Crippen molar-refractivity contribution >= 4 is 5.69 Å². The van der Waals surface area contributed by atoms with E-state index >= 15 is 0 Å². The molecule has 0 bridgehead atoms. The van der Waals surface area contributed by atoms with E-state index in [4.69, 9.17) is 11.0 Å². The summed E-state index contributed by atoms with van der Waals surface area (Å²) < 4.78 is 13.3. The molecule has 3 nitrogen and oxygen atoms in total. The molecule has 1 fully saturated rings. The highest BCUT2D eigenvalue weighted by Crippen LogP contribution is 2.26. The molecule has 1 saturated heterocycles. The Balaban J connectivity index is 2.33. The van der Waals surface area contributed by atoms with Gasteiger partial charge in [-0.2, -0.15) is 5.26 Å². The molecule has 1 aliphatic heterocycles. The predicted octanol–water partition coefficient (Wildman–Crippen LogP) is 1.62. The van der Waals surface area contributed by atoms with Gasteiger partial charge in [0.2, 0.25) is 0 Å². The van der Waals surface area contributed by atoms with E-state index in [9.17, 15) is 4.39 Å². The molecule has 16 heavy (non-hydrogen) atoms. The Bertz CT molecular complexity index is 425. The molecule has 0 aromatic heterocycles. The minimum absolute atomic E-state index is 0.272. The Morgan fingerprint density at radius 3 is 3.00 bits per heavy atom. The van der Waals surface area contributed by atoms with E-state index in [0.29, 0.717) is 12.1 Å². The number of nitrogens with zero attached hydrogens (tertiary/aromatic N) is 2. The highest BCUT2D eigenvalue weighted by Gasteiger charge is 2.23. The molecule has 84 valence electrons. The Kier molecular flexibility index (Phi) is 3.07. The largest absolute Gasteiger partial charge is 0.367 e. The number of halogens is 1. The Morgan fingerprint density at radius 1 is 1.50 bits per heavy atom. The number of anilines is 1. The normalized spacial score (nSPS) is 19.8. The third kappa shape index (κ3) is 2.00. The van der Waals surface area contributed by atoms with Crippen LogP contribution in [0, 0.1) is 17.1 Å². The van der Waals surface area contributed by atoms with Crippen LogP contribution in [-0.2, 0) is 0 Å². The van der Waals surface area contributed by atoms with E-state index in [0.717, 1.165) is 25.1 Å². The fraction of sp³-hybridized carbons (Fsp3) is 0.417. The van der Waals surface area contributed by atoms with Gasteiger partial charge in [0.25, 0.3) is 0 Å². The Hall–Kier alpha value is -1.60. The van der Waals surface area contributed by atoms with Crippen molar-refractivity contribution in [2.45, 2.75) is 18.9 Å².